The van der Waals surface area contributed by atoms with Crippen LogP contribution in [0.3, 0.4) is 0 Å². The van der Waals surface area contributed by atoms with Crippen LogP contribution in [0.1, 0.15) is 37.5 Å². The maximum atomic E-state index is 5.13. The molecule has 0 saturated carbocycles. The van der Waals surface area contributed by atoms with Crippen molar-refractivity contribution in [3.05, 3.63) is 46.0 Å². The second-order valence-corrected chi connectivity index (χ2v) is 7.16. The third kappa shape index (κ3) is 7.15. The highest BCUT2D eigenvalue weighted by Crippen LogP contribution is 2.17. The average Bonchev–Trinajstić information content (AvgIpc) is 3.03. The van der Waals surface area contributed by atoms with E-state index in [9.17, 15) is 0 Å². The van der Waals surface area contributed by atoms with Gasteiger partial charge in [-0.2, -0.15) is 4.98 Å². The Kier molecular flexibility index (Phi) is 8.61. The maximum absolute atomic E-state index is 5.13. The van der Waals surface area contributed by atoms with Gasteiger partial charge in [-0.25, -0.2) is 0 Å². The largest absolute Gasteiger partial charge is 0.357 e. The molecule has 1 heterocycles. The van der Waals surface area contributed by atoms with E-state index >= 15 is 0 Å². The molecule has 0 aliphatic heterocycles. The lowest BCUT2D eigenvalue weighted by atomic mass is 9.97. The number of halogens is 1. The smallest absolute Gasteiger partial charge is 0.228 e. The van der Waals surface area contributed by atoms with Crippen LogP contribution < -0.4 is 10.6 Å². The lowest BCUT2D eigenvalue weighted by Gasteiger charge is -2.15. The van der Waals surface area contributed by atoms with Crippen LogP contribution in [0.5, 0.6) is 0 Å². The second kappa shape index (κ2) is 11.0. The third-order valence-electron chi connectivity index (χ3n) is 4.04. The molecule has 0 aliphatic rings. The minimum absolute atomic E-state index is 0.512. The molecule has 6 nitrogen and oxygen atoms in total. The van der Waals surface area contributed by atoms with Gasteiger partial charge in [-0.3, -0.25) is 4.99 Å². The van der Waals surface area contributed by atoms with E-state index in [1.54, 1.807) is 0 Å². The van der Waals surface area contributed by atoms with Crippen molar-refractivity contribution >= 4 is 21.9 Å². The van der Waals surface area contributed by atoms with E-state index in [1.165, 1.54) is 5.56 Å². The van der Waals surface area contributed by atoms with Crippen LogP contribution in [0.2, 0.25) is 0 Å². The second-order valence-electron chi connectivity index (χ2n) is 6.24. The lowest BCUT2D eigenvalue weighted by Crippen LogP contribution is -2.38. The Hall–Kier alpha value is -1.89. The van der Waals surface area contributed by atoms with E-state index in [1.807, 2.05) is 6.92 Å². The lowest BCUT2D eigenvalue weighted by molar-refractivity contribution is 0.374. The first kappa shape index (κ1) is 20.4. The van der Waals surface area contributed by atoms with Crippen molar-refractivity contribution in [1.29, 1.82) is 0 Å². The first-order valence-electron chi connectivity index (χ1n) is 9.16. The van der Waals surface area contributed by atoms with Crippen LogP contribution in [0.4, 0.5) is 0 Å². The Morgan fingerprint density at radius 2 is 2.15 bits per heavy atom. The van der Waals surface area contributed by atoms with Gasteiger partial charge in [0, 0.05) is 30.5 Å². The van der Waals surface area contributed by atoms with E-state index in [2.05, 4.69) is 74.8 Å². The minimum atomic E-state index is 0.512. The summed E-state index contributed by atoms with van der Waals surface area (Å²) in [4.78, 5) is 8.97. The number of aryl methyl sites for hydroxylation is 1. The van der Waals surface area contributed by atoms with Gasteiger partial charge >= 0.3 is 0 Å². The highest BCUT2D eigenvalue weighted by molar-refractivity contribution is 9.10. The quantitative estimate of drug-likeness (QED) is 0.478. The molecule has 26 heavy (non-hydrogen) atoms. The molecule has 0 amide bonds. The zero-order chi connectivity index (χ0) is 18.8. The molecule has 1 atom stereocenters. The molecule has 1 aromatic heterocycles. The van der Waals surface area contributed by atoms with Gasteiger partial charge < -0.3 is 15.2 Å². The molecular formula is C19H28BrN5O. The van der Waals surface area contributed by atoms with E-state index in [-0.39, 0.29) is 0 Å². The molecule has 0 bridgehead atoms. The number of nitrogens with one attached hydrogen (secondary N) is 2. The summed E-state index contributed by atoms with van der Waals surface area (Å²) in [5.41, 5.74) is 1.34. The van der Waals surface area contributed by atoms with E-state index < -0.39 is 0 Å². The molecule has 2 N–H and O–H groups in total. The fourth-order valence-corrected chi connectivity index (χ4v) is 3.07. The van der Waals surface area contributed by atoms with Crippen molar-refractivity contribution in [3.8, 4) is 0 Å². The van der Waals surface area contributed by atoms with Gasteiger partial charge in [0.15, 0.2) is 11.8 Å². The van der Waals surface area contributed by atoms with Gasteiger partial charge in [-0.05, 0) is 43.9 Å². The molecule has 0 fully saturated rings. The normalized spacial score (nSPS) is 12.8. The molecule has 0 radical (unpaired) electrons. The van der Waals surface area contributed by atoms with Crippen molar-refractivity contribution in [3.63, 3.8) is 0 Å². The predicted molar refractivity (Wildman–Crippen MR) is 108 cm³/mol. The van der Waals surface area contributed by atoms with E-state index in [0.29, 0.717) is 30.6 Å². The molecule has 1 unspecified atom stereocenters. The summed E-state index contributed by atoms with van der Waals surface area (Å²) in [7, 11) is 0. The average molecular weight is 422 g/mol. The van der Waals surface area contributed by atoms with Gasteiger partial charge in [0.2, 0.25) is 5.89 Å². The van der Waals surface area contributed by atoms with E-state index in [0.717, 1.165) is 36.4 Å². The zero-order valence-electron chi connectivity index (χ0n) is 15.8. The molecule has 7 heteroatoms. The Labute approximate surface area is 164 Å². The number of guanidine groups is 1. The minimum Gasteiger partial charge on any atom is -0.357 e. The standard InChI is InChI=1S/C19H28BrN5O/c1-4-15(11-16-7-6-8-17(20)12-16)13-23-19(21-5-2)22-10-9-18-24-14(3)25-26-18/h6-8,12,15H,4-5,9-11,13H2,1-3H3,(H2,21,22,23). The van der Waals surface area contributed by atoms with Gasteiger partial charge in [0.1, 0.15) is 0 Å². The molecule has 0 saturated heterocycles. The van der Waals surface area contributed by atoms with Crippen LogP contribution in [0.15, 0.2) is 38.3 Å². The highest BCUT2D eigenvalue weighted by Gasteiger charge is 2.09. The Morgan fingerprint density at radius 3 is 2.81 bits per heavy atom. The molecule has 1 aromatic carbocycles. The molecular weight excluding hydrogens is 394 g/mol. The summed E-state index contributed by atoms with van der Waals surface area (Å²) >= 11 is 3.54. The maximum Gasteiger partial charge on any atom is 0.228 e. The summed E-state index contributed by atoms with van der Waals surface area (Å²) in [5, 5.41) is 10.4. The number of benzene rings is 1. The first-order valence-corrected chi connectivity index (χ1v) is 9.95. The Bertz CT molecular complexity index is 701. The Balaban J connectivity index is 1.86. The number of rotatable bonds is 9. The van der Waals surface area contributed by atoms with Crippen LogP contribution in [-0.4, -0.2) is 35.7 Å². The first-order chi connectivity index (χ1) is 12.6. The van der Waals surface area contributed by atoms with Gasteiger partial charge in [-0.1, -0.05) is 46.6 Å². The molecule has 142 valence electrons. The predicted octanol–water partition coefficient (Wildman–Crippen LogP) is 3.51. The van der Waals surface area contributed by atoms with Crippen molar-refractivity contribution in [1.82, 2.24) is 20.8 Å². The summed E-state index contributed by atoms with van der Waals surface area (Å²) in [6.45, 7) is 8.43. The number of hydrogen-bond donors (Lipinski definition) is 2. The van der Waals surface area contributed by atoms with Crippen LogP contribution in [-0.2, 0) is 12.8 Å². The fourth-order valence-electron chi connectivity index (χ4n) is 2.63. The van der Waals surface area contributed by atoms with Gasteiger partial charge in [0.05, 0.1) is 0 Å². The molecule has 0 aliphatic carbocycles. The highest BCUT2D eigenvalue weighted by atomic mass is 79.9. The summed E-state index contributed by atoms with van der Waals surface area (Å²) in [6, 6.07) is 8.50. The van der Waals surface area contributed by atoms with E-state index in [4.69, 9.17) is 9.52 Å². The molecule has 0 spiro atoms. The number of nitrogens with zero attached hydrogens (tertiary/aromatic N) is 3. The number of aromatic nitrogens is 2. The third-order valence-corrected chi connectivity index (χ3v) is 4.54. The SMILES string of the molecule is CCNC(=NCC(CC)Cc1cccc(Br)c1)NCCc1nc(C)no1. The van der Waals surface area contributed by atoms with Crippen molar-refractivity contribution in [2.75, 3.05) is 19.6 Å². The Morgan fingerprint density at radius 1 is 1.31 bits per heavy atom. The summed E-state index contributed by atoms with van der Waals surface area (Å²) in [5.74, 6) is 2.65. The molecule has 2 rings (SSSR count). The van der Waals surface area contributed by atoms with Crippen LogP contribution in [0, 0.1) is 12.8 Å². The van der Waals surface area contributed by atoms with Gasteiger partial charge in [0.25, 0.3) is 0 Å². The van der Waals surface area contributed by atoms with Crippen molar-refractivity contribution < 1.29 is 4.52 Å². The fraction of sp³-hybridized carbons (Fsp3) is 0.526. The molecule has 2 aromatic rings. The van der Waals surface area contributed by atoms with Crippen molar-refractivity contribution in [2.24, 2.45) is 10.9 Å². The monoisotopic (exact) mass is 421 g/mol. The van der Waals surface area contributed by atoms with Crippen LogP contribution in [0.25, 0.3) is 0 Å². The van der Waals surface area contributed by atoms with Gasteiger partial charge in [-0.15, -0.1) is 0 Å². The summed E-state index contributed by atoms with van der Waals surface area (Å²) < 4.78 is 6.26. The number of hydrogen-bond acceptors (Lipinski definition) is 4. The van der Waals surface area contributed by atoms with Crippen LogP contribution >= 0.6 is 15.9 Å². The van der Waals surface area contributed by atoms with Crippen molar-refractivity contribution in [2.45, 2.75) is 40.0 Å². The zero-order valence-corrected chi connectivity index (χ0v) is 17.3. The topological polar surface area (TPSA) is 75.3 Å². The number of aliphatic imine (C=N–C) groups is 1. The summed E-state index contributed by atoms with van der Waals surface area (Å²) in [6.07, 6.45) is 2.80.